The highest BCUT2D eigenvalue weighted by Crippen LogP contribution is 2.37. The highest BCUT2D eigenvalue weighted by molar-refractivity contribution is 6.36. The van der Waals surface area contributed by atoms with Gasteiger partial charge in [0.1, 0.15) is 0 Å². The Balaban J connectivity index is 2.19. The van der Waals surface area contributed by atoms with E-state index in [9.17, 15) is 5.11 Å². The van der Waals surface area contributed by atoms with Crippen LogP contribution in [0.1, 0.15) is 56.4 Å². The Morgan fingerprint density at radius 3 is 2.10 bits per heavy atom. The molecule has 2 rings (SSSR count). The van der Waals surface area contributed by atoms with E-state index >= 15 is 0 Å². The second-order valence-corrected chi connectivity index (χ2v) is 6.89. The van der Waals surface area contributed by atoms with Crippen molar-refractivity contribution in [3.05, 3.63) is 33.8 Å². The maximum absolute atomic E-state index is 10.9. The summed E-state index contributed by atoms with van der Waals surface area (Å²) in [5.41, 5.74) is 6.75. The summed E-state index contributed by atoms with van der Waals surface area (Å²) in [4.78, 5) is 0. The van der Waals surface area contributed by atoms with E-state index in [0.717, 1.165) is 18.4 Å². The van der Waals surface area contributed by atoms with Crippen molar-refractivity contribution < 1.29 is 5.11 Å². The lowest BCUT2D eigenvalue weighted by molar-refractivity contribution is 0.0680. The fraction of sp³-hybridized carbons (Fsp3) is 0.647. The molecule has 21 heavy (non-hydrogen) atoms. The average molecular weight is 330 g/mol. The lowest BCUT2D eigenvalue weighted by Crippen LogP contribution is -2.33. The Morgan fingerprint density at radius 2 is 1.57 bits per heavy atom. The van der Waals surface area contributed by atoms with Gasteiger partial charge < -0.3 is 10.8 Å². The van der Waals surface area contributed by atoms with Crippen LogP contribution < -0.4 is 5.73 Å². The van der Waals surface area contributed by atoms with E-state index in [-0.39, 0.29) is 5.92 Å². The lowest BCUT2D eigenvalue weighted by atomic mass is 9.79. The predicted molar refractivity (Wildman–Crippen MR) is 90.1 cm³/mol. The first-order valence-corrected chi connectivity index (χ1v) is 8.72. The molecule has 0 aromatic heterocycles. The van der Waals surface area contributed by atoms with Crippen molar-refractivity contribution in [1.29, 1.82) is 0 Å². The van der Waals surface area contributed by atoms with Crippen molar-refractivity contribution in [1.82, 2.24) is 0 Å². The van der Waals surface area contributed by atoms with Gasteiger partial charge in [-0.2, -0.15) is 0 Å². The van der Waals surface area contributed by atoms with E-state index in [1.54, 1.807) is 0 Å². The van der Waals surface area contributed by atoms with Gasteiger partial charge in [0.2, 0.25) is 0 Å². The zero-order valence-electron chi connectivity index (χ0n) is 12.4. The van der Waals surface area contributed by atoms with E-state index in [0.29, 0.717) is 22.5 Å². The maximum Gasteiger partial charge on any atom is 0.0650 e. The van der Waals surface area contributed by atoms with Gasteiger partial charge in [-0.3, -0.25) is 0 Å². The van der Waals surface area contributed by atoms with Gasteiger partial charge in [-0.05, 0) is 36.5 Å². The standard InChI is InChI=1S/C17H25Cl2NO/c18-14-9-6-10-15(19)16(14)13(11-20)17(21)12-7-4-2-1-3-5-8-12/h6,9-10,12-13,17,21H,1-5,7-8,11,20H2. The van der Waals surface area contributed by atoms with Gasteiger partial charge in [0.05, 0.1) is 6.10 Å². The molecule has 1 aromatic rings. The molecule has 1 saturated carbocycles. The highest BCUT2D eigenvalue weighted by Gasteiger charge is 2.30. The molecule has 3 N–H and O–H groups in total. The fourth-order valence-electron chi connectivity index (χ4n) is 3.45. The largest absolute Gasteiger partial charge is 0.392 e. The second kappa shape index (κ2) is 8.38. The molecule has 118 valence electrons. The van der Waals surface area contributed by atoms with Crippen molar-refractivity contribution in [2.45, 2.75) is 57.0 Å². The molecule has 0 heterocycles. The third-order valence-corrected chi connectivity index (χ3v) is 5.33. The van der Waals surface area contributed by atoms with Gasteiger partial charge in [-0.25, -0.2) is 0 Å². The summed E-state index contributed by atoms with van der Waals surface area (Å²) >= 11 is 12.6. The second-order valence-electron chi connectivity index (χ2n) is 6.07. The monoisotopic (exact) mass is 329 g/mol. The molecule has 0 spiro atoms. The molecule has 1 aliphatic rings. The maximum atomic E-state index is 10.9. The minimum atomic E-state index is -0.467. The van der Waals surface area contributed by atoms with Crippen LogP contribution in [0.25, 0.3) is 0 Å². The van der Waals surface area contributed by atoms with Crippen molar-refractivity contribution in [3.63, 3.8) is 0 Å². The molecule has 1 fully saturated rings. The number of halogens is 2. The first kappa shape index (κ1) is 17.1. The summed E-state index contributed by atoms with van der Waals surface area (Å²) in [7, 11) is 0. The summed E-state index contributed by atoms with van der Waals surface area (Å²) in [6.07, 6.45) is 7.90. The van der Waals surface area contributed by atoms with Crippen LogP contribution in [0, 0.1) is 5.92 Å². The van der Waals surface area contributed by atoms with E-state index in [1.165, 1.54) is 32.1 Å². The Bertz CT molecular complexity index is 424. The van der Waals surface area contributed by atoms with Gasteiger partial charge in [0.15, 0.2) is 0 Å². The van der Waals surface area contributed by atoms with Gasteiger partial charge in [0.25, 0.3) is 0 Å². The number of aliphatic hydroxyl groups is 1. The van der Waals surface area contributed by atoms with Crippen LogP contribution >= 0.6 is 23.2 Å². The molecule has 1 aliphatic carbocycles. The number of aliphatic hydroxyl groups excluding tert-OH is 1. The van der Waals surface area contributed by atoms with E-state index in [2.05, 4.69) is 0 Å². The van der Waals surface area contributed by atoms with Crippen LogP contribution in [0.3, 0.4) is 0 Å². The molecular weight excluding hydrogens is 305 g/mol. The quantitative estimate of drug-likeness (QED) is 0.836. The predicted octanol–water partition coefficient (Wildman–Crippen LogP) is 4.76. The molecule has 0 aliphatic heterocycles. The summed E-state index contributed by atoms with van der Waals surface area (Å²) in [5, 5.41) is 12.1. The minimum Gasteiger partial charge on any atom is -0.392 e. The zero-order chi connectivity index (χ0) is 15.2. The average Bonchev–Trinajstić information content (AvgIpc) is 2.42. The first-order chi connectivity index (χ1) is 10.1. The van der Waals surface area contributed by atoms with Crippen LogP contribution in [0.4, 0.5) is 0 Å². The van der Waals surface area contributed by atoms with Crippen molar-refractivity contribution >= 4 is 23.2 Å². The molecule has 4 heteroatoms. The summed E-state index contributed by atoms with van der Waals surface area (Å²) in [6.45, 7) is 0.362. The molecule has 0 amide bonds. The molecule has 2 unspecified atom stereocenters. The third kappa shape index (κ3) is 4.35. The van der Waals surface area contributed by atoms with Crippen molar-refractivity contribution in [2.24, 2.45) is 11.7 Å². The SMILES string of the molecule is NCC(c1c(Cl)cccc1Cl)C(O)C1CCCCCCC1. The van der Waals surface area contributed by atoms with Gasteiger partial charge in [-0.15, -0.1) is 0 Å². The Labute approximate surface area is 137 Å². The van der Waals surface area contributed by atoms with Crippen molar-refractivity contribution in [3.8, 4) is 0 Å². The minimum absolute atomic E-state index is 0.185. The molecule has 1 aromatic carbocycles. The molecular formula is C17H25Cl2NO. The summed E-state index contributed by atoms with van der Waals surface area (Å²) < 4.78 is 0. The first-order valence-electron chi connectivity index (χ1n) is 7.97. The number of nitrogens with two attached hydrogens (primary N) is 1. The fourth-order valence-corrected chi connectivity index (χ4v) is 4.13. The molecule has 2 atom stereocenters. The van der Waals surface area contributed by atoms with Gasteiger partial charge >= 0.3 is 0 Å². The van der Waals surface area contributed by atoms with E-state index < -0.39 is 6.10 Å². The molecule has 2 nitrogen and oxygen atoms in total. The molecule has 0 radical (unpaired) electrons. The van der Waals surface area contributed by atoms with Crippen LogP contribution in [0.15, 0.2) is 18.2 Å². The van der Waals surface area contributed by atoms with Gasteiger partial charge in [0, 0.05) is 22.5 Å². The third-order valence-electron chi connectivity index (χ3n) is 4.67. The smallest absolute Gasteiger partial charge is 0.0650 e. The van der Waals surface area contributed by atoms with E-state index in [4.69, 9.17) is 28.9 Å². The Kier molecular flexibility index (Phi) is 6.81. The lowest BCUT2D eigenvalue weighted by Gasteiger charge is -2.31. The Morgan fingerprint density at radius 1 is 1.05 bits per heavy atom. The molecule has 0 bridgehead atoms. The number of hydrogen-bond acceptors (Lipinski definition) is 2. The van der Waals surface area contributed by atoms with Crippen LogP contribution in [-0.4, -0.2) is 17.8 Å². The van der Waals surface area contributed by atoms with Crippen LogP contribution in [-0.2, 0) is 0 Å². The highest BCUT2D eigenvalue weighted by atomic mass is 35.5. The summed E-state index contributed by atoms with van der Waals surface area (Å²) in [6, 6.07) is 5.45. The number of rotatable bonds is 4. The topological polar surface area (TPSA) is 46.2 Å². The normalized spacial score (nSPS) is 20.6. The number of benzene rings is 1. The zero-order valence-corrected chi connectivity index (χ0v) is 13.9. The summed E-state index contributed by atoms with van der Waals surface area (Å²) in [5.74, 6) is 0.113. The van der Waals surface area contributed by atoms with Crippen LogP contribution in [0.2, 0.25) is 10.0 Å². The number of hydrogen-bond donors (Lipinski definition) is 2. The van der Waals surface area contributed by atoms with Crippen molar-refractivity contribution in [2.75, 3.05) is 6.54 Å². The molecule has 0 saturated heterocycles. The van der Waals surface area contributed by atoms with Crippen LogP contribution in [0.5, 0.6) is 0 Å². The van der Waals surface area contributed by atoms with Gasteiger partial charge in [-0.1, -0.05) is 61.4 Å². The Hall–Kier alpha value is -0.280. The van der Waals surface area contributed by atoms with E-state index in [1.807, 2.05) is 18.2 Å².